The SMILES string of the molecule is CC1(C)CCC[C@@]2(C)[C@@H]1CC[C@]13O[C@H]1C1=C(CO)C(=O)OC1=C[C@H]23. The lowest BCUT2D eigenvalue weighted by Crippen LogP contribution is -2.55. The van der Waals surface area contributed by atoms with Gasteiger partial charge in [-0.05, 0) is 48.5 Å². The van der Waals surface area contributed by atoms with E-state index >= 15 is 0 Å². The zero-order valence-electron chi connectivity index (χ0n) is 14.7. The lowest BCUT2D eigenvalue weighted by Gasteiger charge is -2.59. The van der Waals surface area contributed by atoms with Gasteiger partial charge in [0.05, 0.1) is 12.2 Å². The molecule has 2 saturated carbocycles. The first-order chi connectivity index (χ1) is 11.3. The van der Waals surface area contributed by atoms with Crippen LogP contribution in [0.25, 0.3) is 0 Å². The van der Waals surface area contributed by atoms with Gasteiger partial charge in [-0.3, -0.25) is 0 Å². The van der Waals surface area contributed by atoms with Gasteiger partial charge >= 0.3 is 5.97 Å². The summed E-state index contributed by atoms with van der Waals surface area (Å²) >= 11 is 0. The summed E-state index contributed by atoms with van der Waals surface area (Å²) in [4.78, 5) is 12.1. The Balaban J connectivity index is 1.63. The maximum absolute atomic E-state index is 12.1. The van der Waals surface area contributed by atoms with Crippen LogP contribution >= 0.6 is 0 Å². The maximum atomic E-state index is 12.1. The fourth-order valence-electron chi connectivity index (χ4n) is 6.78. The zero-order chi connectivity index (χ0) is 16.9. The van der Waals surface area contributed by atoms with Crippen molar-refractivity contribution in [3.05, 3.63) is 23.0 Å². The number of carbonyl (C=O) groups excluding carboxylic acids is 1. The summed E-state index contributed by atoms with van der Waals surface area (Å²) in [5, 5.41) is 9.57. The fourth-order valence-corrected chi connectivity index (χ4v) is 6.78. The number of hydrogen-bond acceptors (Lipinski definition) is 4. The quantitative estimate of drug-likeness (QED) is 0.593. The smallest absolute Gasteiger partial charge is 0.342 e. The highest BCUT2D eigenvalue weighted by molar-refractivity contribution is 5.95. The topological polar surface area (TPSA) is 59.1 Å². The minimum Gasteiger partial charge on any atom is -0.423 e. The first kappa shape index (κ1) is 15.2. The second-order valence-corrected chi connectivity index (χ2v) is 9.34. The van der Waals surface area contributed by atoms with Crippen molar-refractivity contribution in [3.8, 4) is 0 Å². The van der Waals surface area contributed by atoms with Crippen LogP contribution in [-0.4, -0.2) is 29.4 Å². The largest absolute Gasteiger partial charge is 0.423 e. The van der Waals surface area contributed by atoms with Gasteiger partial charge in [0, 0.05) is 11.5 Å². The molecule has 3 fully saturated rings. The molecule has 5 rings (SSSR count). The molecular formula is C20H26O4. The molecule has 0 aromatic carbocycles. The number of fused-ring (bicyclic) bond motifs is 4. The number of ether oxygens (including phenoxy) is 2. The minimum absolute atomic E-state index is 0.0566. The van der Waals surface area contributed by atoms with Gasteiger partial charge in [-0.2, -0.15) is 0 Å². The third-order valence-corrected chi connectivity index (χ3v) is 7.84. The van der Waals surface area contributed by atoms with Gasteiger partial charge in [-0.1, -0.05) is 27.2 Å². The molecule has 0 aromatic rings. The highest BCUT2D eigenvalue weighted by Crippen LogP contribution is 2.71. The van der Waals surface area contributed by atoms with Crippen LogP contribution in [0.5, 0.6) is 0 Å². The Labute approximate surface area is 142 Å². The van der Waals surface area contributed by atoms with Crippen LogP contribution in [0.15, 0.2) is 23.0 Å². The number of epoxide rings is 1. The normalized spacial score (nSPS) is 47.9. The van der Waals surface area contributed by atoms with E-state index in [1.54, 1.807) is 0 Å². The lowest BCUT2D eigenvalue weighted by molar-refractivity contribution is -0.134. The Morgan fingerprint density at radius 3 is 2.79 bits per heavy atom. The van der Waals surface area contributed by atoms with Crippen LogP contribution in [0.4, 0.5) is 0 Å². The number of hydrogen-bond donors (Lipinski definition) is 1. The first-order valence-electron chi connectivity index (χ1n) is 9.29. The van der Waals surface area contributed by atoms with Crippen LogP contribution < -0.4 is 0 Å². The standard InChI is InChI=1S/C20H26O4/c1-18(2)6-4-7-19(3)13(18)5-8-20-14(19)9-12-15(16(20)24-20)11(10-21)17(22)23-12/h9,13-14,16,21H,4-8,10H2,1-3H3/t13-,14-,16+,19+,20-/m1/s1. The van der Waals surface area contributed by atoms with E-state index in [1.807, 2.05) is 0 Å². The molecule has 0 unspecified atom stereocenters. The molecule has 3 aliphatic carbocycles. The molecule has 0 radical (unpaired) electrons. The summed E-state index contributed by atoms with van der Waals surface area (Å²) in [7, 11) is 0. The van der Waals surface area contributed by atoms with E-state index in [0.29, 0.717) is 28.6 Å². The van der Waals surface area contributed by atoms with Crippen molar-refractivity contribution in [2.45, 2.75) is 64.6 Å². The predicted molar refractivity (Wildman–Crippen MR) is 87.8 cm³/mol. The Hall–Kier alpha value is -1.13. The van der Waals surface area contributed by atoms with E-state index in [1.165, 1.54) is 25.7 Å². The summed E-state index contributed by atoms with van der Waals surface area (Å²) in [5.74, 6) is 1.25. The Kier molecular flexibility index (Phi) is 2.74. The summed E-state index contributed by atoms with van der Waals surface area (Å²) in [6, 6.07) is 0. The van der Waals surface area contributed by atoms with Crippen molar-refractivity contribution in [2.75, 3.05) is 6.61 Å². The zero-order valence-corrected chi connectivity index (χ0v) is 14.7. The van der Waals surface area contributed by atoms with E-state index in [9.17, 15) is 9.90 Å². The van der Waals surface area contributed by atoms with Crippen molar-refractivity contribution in [2.24, 2.45) is 22.7 Å². The molecule has 1 spiro atoms. The van der Waals surface area contributed by atoms with Gasteiger partial charge in [0.25, 0.3) is 0 Å². The molecule has 0 aromatic heterocycles. The average Bonchev–Trinajstić information content (AvgIpc) is 3.13. The summed E-state index contributed by atoms with van der Waals surface area (Å²) in [6.45, 7) is 7.00. The molecule has 4 heteroatoms. The van der Waals surface area contributed by atoms with Gasteiger partial charge in [0.15, 0.2) is 0 Å². The van der Waals surface area contributed by atoms with Gasteiger partial charge in [-0.25, -0.2) is 4.79 Å². The second-order valence-electron chi connectivity index (χ2n) is 9.34. The van der Waals surface area contributed by atoms with Crippen molar-refractivity contribution >= 4 is 5.97 Å². The molecular weight excluding hydrogens is 304 g/mol. The molecule has 2 heterocycles. The van der Waals surface area contributed by atoms with E-state index in [0.717, 1.165) is 12.0 Å². The average molecular weight is 330 g/mol. The third-order valence-electron chi connectivity index (χ3n) is 7.84. The number of aliphatic hydroxyl groups is 1. The number of rotatable bonds is 1. The van der Waals surface area contributed by atoms with Crippen molar-refractivity contribution in [1.29, 1.82) is 0 Å². The van der Waals surface area contributed by atoms with Crippen molar-refractivity contribution in [3.63, 3.8) is 0 Å². The second kappa shape index (κ2) is 4.34. The van der Waals surface area contributed by atoms with Gasteiger partial charge < -0.3 is 14.6 Å². The molecule has 0 amide bonds. The van der Waals surface area contributed by atoms with Gasteiger partial charge in [0.2, 0.25) is 0 Å². The Morgan fingerprint density at radius 2 is 2.04 bits per heavy atom. The molecule has 1 N–H and O–H groups in total. The lowest BCUT2D eigenvalue weighted by atomic mass is 9.45. The van der Waals surface area contributed by atoms with Gasteiger partial charge in [0.1, 0.15) is 17.5 Å². The molecule has 5 atom stereocenters. The van der Waals surface area contributed by atoms with Crippen LogP contribution in [0.1, 0.15) is 52.9 Å². The fraction of sp³-hybridized carbons (Fsp3) is 0.750. The molecule has 130 valence electrons. The molecule has 1 saturated heterocycles. The Morgan fingerprint density at radius 1 is 1.25 bits per heavy atom. The van der Waals surface area contributed by atoms with E-state index < -0.39 is 5.97 Å². The van der Waals surface area contributed by atoms with Crippen molar-refractivity contribution < 1.29 is 19.4 Å². The molecule has 2 aliphatic heterocycles. The Bertz CT molecular complexity index is 702. The summed E-state index contributed by atoms with van der Waals surface area (Å²) < 4.78 is 11.8. The monoisotopic (exact) mass is 330 g/mol. The first-order valence-corrected chi connectivity index (χ1v) is 9.29. The highest BCUT2D eigenvalue weighted by Gasteiger charge is 2.73. The summed E-state index contributed by atoms with van der Waals surface area (Å²) in [6.07, 6.45) is 8.12. The van der Waals surface area contributed by atoms with E-state index in [2.05, 4.69) is 26.8 Å². The van der Waals surface area contributed by atoms with Crippen molar-refractivity contribution in [1.82, 2.24) is 0 Å². The molecule has 4 nitrogen and oxygen atoms in total. The molecule has 5 aliphatic rings. The number of esters is 1. The van der Waals surface area contributed by atoms with Crippen LogP contribution in [0.2, 0.25) is 0 Å². The minimum atomic E-state index is -0.395. The summed E-state index contributed by atoms with van der Waals surface area (Å²) in [5.41, 5.74) is 1.62. The molecule has 24 heavy (non-hydrogen) atoms. The number of carbonyl (C=O) groups is 1. The number of aliphatic hydroxyl groups excluding tert-OH is 1. The van der Waals surface area contributed by atoms with Crippen LogP contribution in [0, 0.1) is 22.7 Å². The predicted octanol–water partition coefficient (Wildman–Crippen LogP) is 3.11. The van der Waals surface area contributed by atoms with Crippen LogP contribution in [-0.2, 0) is 14.3 Å². The maximum Gasteiger partial charge on any atom is 0.342 e. The highest BCUT2D eigenvalue weighted by atomic mass is 16.6. The van der Waals surface area contributed by atoms with Gasteiger partial charge in [-0.15, -0.1) is 0 Å². The van der Waals surface area contributed by atoms with Crippen LogP contribution in [0.3, 0.4) is 0 Å². The molecule has 0 bridgehead atoms. The van der Waals surface area contributed by atoms with E-state index in [-0.39, 0.29) is 23.7 Å². The van der Waals surface area contributed by atoms with E-state index in [4.69, 9.17) is 9.47 Å². The third kappa shape index (κ3) is 1.60.